The number of carboxylic acid groups (broad SMARTS) is 1. The summed E-state index contributed by atoms with van der Waals surface area (Å²) in [6.07, 6.45) is 1.29. The van der Waals surface area contributed by atoms with Gasteiger partial charge in [-0.1, -0.05) is 22.6 Å². The van der Waals surface area contributed by atoms with Crippen molar-refractivity contribution in [2.75, 3.05) is 6.54 Å². The van der Waals surface area contributed by atoms with Gasteiger partial charge in [-0.3, -0.25) is 14.4 Å². The number of halogens is 1. The van der Waals surface area contributed by atoms with E-state index in [9.17, 15) is 14.4 Å². The molecule has 1 heterocycles. The van der Waals surface area contributed by atoms with Crippen molar-refractivity contribution in [3.8, 4) is 0 Å². The molecular formula is C8H8INO4. The van der Waals surface area contributed by atoms with E-state index in [-0.39, 0.29) is 5.78 Å². The lowest BCUT2D eigenvalue weighted by Gasteiger charge is -2.26. The summed E-state index contributed by atoms with van der Waals surface area (Å²) in [5.74, 6) is -1.84. The lowest BCUT2D eigenvalue weighted by Crippen LogP contribution is -2.44. The van der Waals surface area contributed by atoms with Crippen LogP contribution in [0.3, 0.4) is 0 Å². The molecule has 0 aromatic rings. The van der Waals surface area contributed by atoms with Gasteiger partial charge in [0.05, 0.1) is 0 Å². The molecule has 0 aliphatic carbocycles. The fourth-order valence-corrected chi connectivity index (χ4v) is 1.64. The molecule has 1 atom stereocenters. The number of carbonyl (C=O) groups excluding carboxylic acids is 2. The molecule has 0 aromatic carbocycles. The minimum Gasteiger partial charge on any atom is -0.480 e. The topological polar surface area (TPSA) is 74.7 Å². The molecule has 1 N–H and O–H groups in total. The molecule has 1 unspecified atom stereocenters. The molecule has 0 bridgehead atoms. The Kier molecular flexibility index (Phi) is 3.25. The van der Waals surface area contributed by atoms with Gasteiger partial charge in [-0.2, -0.15) is 0 Å². The highest BCUT2D eigenvalue weighted by atomic mass is 127. The third-order valence-electron chi connectivity index (χ3n) is 1.80. The minimum absolute atomic E-state index is 0.283. The third kappa shape index (κ3) is 2.11. The Morgan fingerprint density at radius 1 is 1.64 bits per heavy atom. The number of amides is 1. The zero-order valence-corrected chi connectivity index (χ0v) is 9.52. The van der Waals surface area contributed by atoms with Crippen LogP contribution in [-0.4, -0.2) is 38.1 Å². The maximum absolute atomic E-state index is 11.5. The monoisotopic (exact) mass is 309 g/mol. The Balaban J connectivity index is 2.95. The Labute approximate surface area is 93.9 Å². The summed E-state index contributed by atoms with van der Waals surface area (Å²) in [5, 5.41) is 8.54. The minimum atomic E-state index is -1.09. The molecule has 5 nitrogen and oxygen atoms in total. The van der Waals surface area contributed by atoms with Crippen LogP contribution in [0.1, 0.15) is 6.92 Å². The first-order valence-electron chi connectivity index (χ1n) is 3.83. The summed E-state index contributed by atoms with van der Waals surface area (Å²) in [4.78, 5) is 34.2. The second kappa shape index (κ2) is 4.07. The molecule has 1 aliphatic heterocycles. The fourth-order valence-electron chi connectivity index (χ4n) is 1.13. The van der Waals surface area contributed by atoms with Gasteiger partial charge in [0, 0.05) is 11.8 Å². The predicted molar refractivity (Wildman–Crippen MR) is 55.9 cm³/mol. The van der Waals surface area contributed by atoms with Crippen LogP contribution >= 0.6 is 22.6 Å². The number of hydrogen-bond acceptors (Lipinski definition) is 3. The second-order valence-electron chi connectivity index (χ2n) is 2.87. The van der Waals surface area contributed by atoms with E-state index in [2.05, 4.69) is 0 Å². The van der Waals surface area contributed by atoms with Gasteiger partial charge >= 0.3 is 5.97 Å². The number of aliphatic carboxylic acids is 1. The van der Waals surface area contributed by atoms with E-state index in [0.29, 0.717) is 5.70 Å². The number of allylic oxidation sites excluding steroid dienone is 2. The van der Waals surface area contributed by atoms with Crippen LogP contribution in [0, 0.1) is 0 Å². The predicted octanol–water partition coefficient (Wildman–Crippen LogP) is 0.190. The molecule has 0 fully saturated rings. The molecule has 0 saturated carbocycles. The largest absolute Gasteiger partial charge is 0.480 e. The fraction of sp³-hybridized carbons (Fsp3) is 0.375. The first-order chi connectivity index (χ1) is 6.43. The summed E-state index contributed by atoms with van der Waals surface area (Å²) in [6.45, 7) is 1.15. The molecule has 1 amide bonds. The summed E-state index contributed by atoms with van der Waals surface area (Å²) in [5.41, 5.74) is 0.385. The number of carbonyl (C=O) groups is 3. The van der Waals surface area contributed by atoms with Crippen LogP contribution < -0.4 is 0 Å². The van der Waals surface area contributed by atoms with Crippen LogP contribution in [-0.2, 0) is 14.4 Å². The quantitative estimate of drug-likeness (QED) is 0.449. The van der Waals surface area contributed by atoms with Crippen LogP contribution in [0.2, 0.25) is 0 Å². The Morgan fingerprint density at radius 2 is 2.21 bits per heavy atom. The number of ketones is 1. The maximum atomic E-state index is 11.5. The van der Waals surface area contributed by atoms with Crippen molar-refractivity contribution in [1.29, 1.82) is 0 Å². The third-order valence-corrected chi connectivity index (χ3v) is 2.95. The Morgan fingerprint density at radius 3 is 2.71 bits per heavy atom. The Bertz CT molecular complexity index is 336. The molecule has 6 heteroatoms. The van der Waals surface area contributed by atoms with Crippen molar-refractivity contribution in [2.24, 2.45) is 0 Å². The van der Waals surface area contributed by atoms with E-state index >= 15 is 0 Å². The lowest BCUT2D eigenvalue weighted by molar-refractivity contribution is -0.144. The van der Waals surface area contributed by atoms with Gasteiger partial charge in [0.2, 0.25) is 5.91 Å². The smallest absolute Gasteiger partial charge is 0.323 e. The van der Waals surface area contributed by atoms with Crippen LogP contribution in [0.25, 0.3) is 0 Å². The molecule has 0 radical (unpaired) electrons. The normalized spacial score (nSPS) is 22.3. The molecule has 76 valence electrons. The van der Waals surface area contributed by atoms with Gasteiger partial charge in [-0.25, -0.2) is 0 Å². The van der Waals surface area contributed by atoms with E-state index in [1.807, 2.05) is 0 Å². The van der Waals surface area contributed by atoms with Gasteiger partial charge in [-0.05, 0) is 6.92 Å². The van der Waals surface area contributed by atoms with E-state index in [4.69, 9.17) is 5.11 Å². The highest BCUT2D eigenvalue weighted by Crippen LogP contribution is 2.18. The number of carboxylic acids is 1. The summed E-state index contributed by atoms with van der Waals surface area (Å²) < 4.78 is -0.796. The summed E-state index contributed by atoms with van der Waals surface area (Å²) >= 11 is 1.70. The molecule has 14 heavy (non-hydrogen) atoms. The number of nitrogens with zero attached hydrogens (tertiary/aromatic N) is 1. The van der Waals surface area contributed by atoms with Gasteiger partial charge in [-0.15, -0.1) is 0 Å². The summed E-state index contributed by atoms with van der Waals surface area (Å²) in [6, 6.07) is 0. The van der Waals surface area contributed by atoms with Crippen LogP contribution in [0.4, 0.5) is 0 Å². The van der Waals surface area contributed by atoms with Crippen molar-refractivity contribution >= 4 is 40.3 Å². The van der Waals surface area contributed by atoms with Gasteiger partial charge < -0.3 is 10.0 Å². The van der Waals surface area contributed by atoms with E-state index in [1.54, 1.807) is 29.5 Å². The van der Waals surface area contributed by atoms with E-state index < -0.39 is 22.3 Å². The average Bonchev–Trinajstić information content (AvgIpc) is 2.09. The number of hydrogen-bond donors (Lipinski definition) is 1. The van der Waals surface area contributed by atoms with Crippen LogP contribution in [0.5, 0.6) is 0 Å². The van der Waals surface area contributed by atoms with Gasteiger partial charge in [0.15, 0.2) is 9.71 Å². The molecule has 1 aliphatic rings. The molecular weight excluding hydrogens is 301 g/mol. The zero-order valence-electron chi connectivity index (χ0n) is 7.36. The van der Waals surface area contributed by atoms with Crippen LogP contribution in [0.15, 0.2) is 11.8 Å². The Hall–Kier alpha value is -0.920. The second-order valence-corrected chi connectivity index (χ2v) is 4.11. The molecule has 1 rings (SSSR count). The van der Waals surface area contributed by atoms with Crippen molar-refractivity contribution < 1.29 is 19.5 Å². The molecule has 0 aromatic heterocycles. The molecule has 0 saturated heterocycles. The van der Waals surface area contributed by atoms with Crippen molar-refractivity contribution in [1.82, 2.24) is 4.90 Å². The maximum Gasteiger partial charge on any atom is 0.323 e. The highest BCUT2D eigenvalue weighted by molar-refractivity contribution is 14.1. The van der Waals surface area contributed by atoms with Gasteiger partial charge in [0.1, 0.15) is 6.54 Å². The first kappa shape index (κ1) is 11.2. The van der Waals surface area contributed by atoms with Crippen molar-refractivity contribution in [2.45, 2.75) is 10.8 Å². The SMILES string of the molecule is CC1=CC(=O)C(I)C(=O)N1CC(=O)O. The van der Waals surface area contributed by atoms with E-state index in [0.717, 1.165) is 4.90 Å². The van der Waals surface area contributed by atoms with E-state index in [1.165, 1.54) is 6.08 Å². The molecule has 0 spiro atoms. The number of rotatable bonds is 2. The zero-order chi connectivity index (χ0) is 10.9. The summed E-state index contributed by atoms with van der Waals surface area (Å²) in [7, 11) is 0. The average molecular weight is 309 g/mol. The number of alkyl halides is 1. The first-order valence-corrected chi connectivity index (χ1v) is 5.07. The van der Waals surface area contributed by atoms with Crippen molar-refractivity contribution in [3.63, 3.8) is 0 Å². The standard InChI is InChI=1S/C8H8INO4/c1-4-2-5(11)7(9)8(14)10(4)3-6(12)13/h2,7H,3H2,1H3,(H,12,13). The lowest BCUT2D eigenvalue weighted by atomic mass is 10.1. The van der Waals surface area contributed by atoms with Crippen molar-refractivity contribution in [3.05, 3.63) is 11.8 Å². The van der Waals surface area contributed by atoms with Gasteiger partial charge in [0.25, 0.3) is 0 Å². The highest BCUT2D eigenvalue weighted by Gasteiger charge is 2.33.